The van der Waals surface area contributed by atoms with E-state index < -0.39 is 29.4 Å². The summed E-state index contributed by atoms with van der Waals surface area (Å²) in [6.07, 6.45) is 1.91. The van der Waals surface area contributed by atoms with Gasteiger partial charge in [0.25, 0.3) is 0 Å². The number of methoxy groups -OCH3 is 2. The topological polar surface area (TPSA) is 78.9 Å². The Bertz CT molecular complexity index is 342. The van der Waals surface area contributed by atoms with Gasteiger partial charge in [-0.25, -0.2) is 0 Å². The van der Waals surface area contributed by atoms with Crippen molar-refractivity contribution >= 4 is 17.9 Å². The average Bonchev–Trinajstić information content (AvgIpc) is 2.34. The molecule has 0 aromatic heterocycles. The van der Waals surface area contributed by atoms with Crippen molar-refractivity contribution in [1.82, 2.24) is 0 Å². The minimum absolute atomic E-state index is 0.614. The molecule has 102 valence electrons. The molecule has 0 amide bonds. The lowest BCUT2D eigenvalue weighted by Gasteiger charge is -2.29. The lowest BCUT2D eigenvalue weighted by Crippen LogP contribution is -2.48. The van der Waals surface area contributed by atoms with E-state index in [2.05, 4.69) is 9.47 Å². The standard InChI is InChI=1S/C12H18O6/c1-6-7-9(18-8(2)13)12(3,10(14)16-4)11(15)17-5/h6-7,9H,1-5H3/b7-6+/t9-/m0/s1. The molecule has 0 aliphatic carbocycles. The number of hydrogen-bond acceptors (Lipinski definition) is 6. The summed E-state index contributed by atoms with van der Waals surface area (Å²) in [5.41, 5.74) is -1.73. The Labute approximate surface area is 106 Å². The molecule has 0 aromatic carbocycles. The average molecular weight is 258 g/mol. The molecule has 18 heavy (non-hydrogen) atoms. The fraction of sp³-hybridized carbons (Fsp3) is 0.583. The monoisotopic (exact) mass is 258 g/mol. The second-order valence-corrected chi connectivity index (χ2v) is 3.74. The van der Waals surface area contributed by atoms with Crippen LogP contribution in [0.4, 0.5) is 0 Å². The zero-order valence-corrected chi connectivity index (χ0v) is 11.2. The molecule has 6 nitrogen and oxygen atoms in total. The van der Waals surface area contributed by atoms with Gasteiger partial charge in [-0.2, -0.15) is 0 Å². The summed E-state index contributed by atoms with van der Waals surface area (Å²) in [4.78, 5) is 34.6. The molecule has 0 saturated carbocycles. The molecule has 6 heteroatoms. The third kappa shape index (κ3) is 3.32. The summed E-state index contributed by atoms with van der Waals surface area (Å²) in [5, 5.41) is 0. The highest BCUT2D eigenvalue weighted by Crippen LogP contribution is 2.29. The van der Waals surface area contributed by atoms with Crippen LogP contribution in [0.25, 0.3) is 0 Å². The summed E-state index contributed by atoms with van der Waals surface area (Å²) >= 11 is 0. The molecule has 0 N–H and O–H groups in total. The highest BCUT2D eigenvalue weighted by molar-refractivity contribution is 6.00. The molecule has 0 aliphatic rings. The van der Waals surface area contributed by atoms with Crippen LogP contribution in [0.15, 0.2) is 12.2 Å². The van der Waals surface area contributed by atoms with Crippen molar-refractivity contribution in [1.29, 1.82) is 0 Å². The van der Waals surface area contributed by atoms with Crippen molar-refractivity contribution < 1.29 is 28.6 Å². The van der Waals surface area contributed by atoms with E-state index in [1.165, 1.54) is 19.9 Å². The third-order valence-corrected chi connectivity index (χ3v) is 2.45. The van der Waals surface area contributed by atoms with E-state index in [1.54, 1.807) is 13.0 Å². The number of rotatable bonds is 5. The van der Waals surface area contributed by atoms with Crippen LogP contribution < -0.4 is 0 Å². The summed E-state index contributed by atoms with van der Waals surface area (Å²) < 4.78 is 14.1. The van der Waals surface area contributed by atoms with Gasteiger partial charge in [0.1, 0.15) is 6.10 Å². The third-order valence-electron chi connectivity index (χ3n) is 2.45. The Kier molecular flexibility index (Phi) is 6.08. The van der Waals surface area contributed by atoms with Crippen molar-refractivity contribution in [3.63, 3.8) is 0 Å². The van der Waals surface area contributed by atoms with Crippen LogP contribution in [0.1, 0.15) is 20.8 Å². The molecule has 0 spiro atoms. The Hall–Kier alpha value is -1.85. The highest BCUT2D eigenvalue weighted by Gasteiger charge is 2.51. The van der Waals surface area contributed by atoms with Crippen LogP contribution >= 0.6 is 0 Å². The van der Waals surface area contributed by atoms with Crippen molar-refractivity contribution in [2.24, 2.45) is 5.41 Å². The number of ether oxygens (including phenoxy) is 3. The fourth-order valence-electron chi connectivity index (χ4n) is 1.44. The SMILES string of the molecule is C/C=C/[C@H](OC(C)=O)C(C)(C(=O)OC)C(=O)OC. The first-order chi connectivity index (χ1) is 8.34. The molecule has 0 saturated heterocycles. The Balaban J connectivity index is 5.55. The molecular formula is C12H18O6. The lowest BCUT2D eigenvalue weighted by atomic mass is 9.83. The number of carbonyl (C=O) groups excluding carboxylic acids is 3. The van der Waals surface area contributed by atoms with E-state index in [-0.39, 0.29) is 0 Å². The molecule has 1 atom stereocenters. The maximum atomic E-state index is 11.8. The van der Waals surface area contributed by atoms with E-state index in [0.717, 1.165) is 14.2 Å². The van der Waals surface area contributed by atoms with Crippen LogP contribution in [0, 0.1) is 5.41 Å². The molecule has 0 heterocycles. The number of allylic oxidation sites excluding steroid dienone is 1. The smallest absolute Gasteiger partial charge is 0.327 e. The minimum Gasteiger partial charge on any atom is -0.468 e. The van der Waals surface area contributed by atoms with Crippen LogP contribution in [0.3, 0.4) is 0 Å². The van der Waals surface area contributed by atoms with Gasteiger partial charge in [0.15, 0.2) is 0 Å². The first-order valence-corrected chi connectivity index (χ1v) is 5.31. The normalized spacial score (nSPS) is 12.9. The summed E-state index contributed by atoms with van der Waals surface area (Å²) in [5.74, 6) is -2.28. The molecule has 0 radical (unpaired) electrons. The van der Waals surface area contributed by atoms with Crippen molar-refractivity contribution in [3.05, 3.63) is 12.2 Å². The largest absolute Gasteiger partial charge is 0.468 e. The summed E-state index contributed by atoms with van der Waals surface area (Å²) in [6, 6.07) is 0. The Morgan fingerprint density at radius 1 is 1.11 bits per heavy atom. The number of carbonyl (C=O) groups is 3. The zero-order valence-electron chi connectivity index (χ0n) is 11.2. The van der Waals surface area contributed by atoms with E-state index >= 15 is 0 Å². The zero-order chi connectivity index (χ0) is 14.3. The van der Waals surface area contributed by atoms with E-state index in [4.69, 9.17) is 4.74 Å². The Morgan fingerprint density at radius 3 is 1.83 bits per heavy atom. The summed E-state index contributed by atoms with van der Waals surface area (Å²) in [6.45, 7) is 4.16. The van der Waals surface area contributed by atoms with E-state index in [9.17, 15) is 14.4 Å². The van der Waals surface area contributed by atoms with Gasteiger partial charge in [-0.1, -0.05) is 6.08 Å². The molecule has 0 bridgehead atoms. The lowest BCUT2D eigenvalue weighted by molar-refractivity contribution is -0.178. The number of hydrogen-bond donors (Lipinski definition) is 0. The maximum Gasteiger partial charge on any atom is 0.327 e. The van der Waals surface area contributed by atoms with Gasteiger partial charge in [0.05, 0.1) is 14.2 Å². The molecule has 0 aromatic rings. The predicted octanol–water partition coefficient (Wildman–Crippen LogP) is 0.847. The first kappa shape index (κ1) is 16.1. The minimum atomic E-state index is -1.73. The van der Waals surface area contributed by atoms with Crippen LogP contribution in [-0.4, -0.2) is 38.2 Å². The molecule has 0 fully saturated rings. The molecule has 0 aliphatic heterocycles. The maximum absolute atomic E-state index is 11.8. The number of esters is 3. The van der Waals surface area contributed by atoms with Crippen molar-refractivity contribution in [2.75, 3.05) is 14.2 Å². The van der Waals surface area contributed by atoms with Gasteiger partial charge in [-0.15, -0.1) is 0 Å². The van der Waals surface area contributed by atoms with Crippen molar-refractivity contribution in [3.8, 4) is 0 Å². The highest BCUT2D eigenvalue weighted by atomic mass is 16.6. The van der Waals surface area contributed by atoms with Gasteiger partial charge in [0.2, 0.25) is 5.41 Å². The first-order valence-electron chi connectivity index (χ1n) is 5.31. The van der Waals surface area contributed by atoms with Crippen molar-refractivity contribution in [2.45, 2.75) is 26.9 Å². The van der Waals surface area contributed by atoms with Gasteiger partial charge >= 0.3 is 17.9 Å². The van der Waals surface area contributed by atoms with Crippen LogP contribution in [-0.2, 0) is 28.6 Å². The quantitative estimate of drug-likeness (QED) is 0.315. The molecule has 0 rings (SSSR count). The van der Waals surface area contributed by atoms with Gasteiger partial charge in [0, 0.05) is 6.92 Å². The van der Waals surface area contributed by atoms with Gasteiger partial charge < -0.3 is 14.2 Å². The van der Waals surface area contributed by atoms with Gasteiger partial charge in [-0.05, 0) is 19.9 Å². The van der Waals surface area contributed by atoms with Crippen LogP contribution in [0.2, 0.25) is 0 Å². The van der Waals surface area contributed by atoms with Gasteiger partial charge in [-0.3, -0.25) is 14.4 Å². The summed E-state index contributed by atoms with van der Waals surface area (Å²) in [7, 11) is 2.29. The van der Waals surface area contributed by atoms with E-state index in [1.807, 2.05) is 0 Å². The van der Waals surface area contributed by atoms with E-state index in [0.29, 0.717) is 0 Å². The second kappa shape index (κ2) is 6.78. The fourth-order valence-corrected chi connectivity index (χ4v) is 1.44. The molecule has 0 unspecified atom stereocenters. The predicted molar refractivity (Wildman–Crippen MR) is 62.5 cm³/mol. The second-order valence-electron chi connectivity index (χ2n) is 3.74. The molecular weight excluding hydrogens is 240 g/mol. The Morgan fingerprint density at radius 2 is 1.56 bits per heavy atom. The van der Waals surface area contributed by atoms with Crippen LogP contribution in [0.5, 0.6) is 0 Å².